The summed E-state index contributed by atoms with van der Waals surface area (Å²) < 4.78 is 18.6. The van der Waals surface area contributed by atoms with Crippen molar-refractivity contribution < 1.29 is 19.0 Å². The molecule has 1 amide bonds. The number of likely N-dealkylation sites (N-methyl/N-ethyl adjacent to an activating group) is 1. The topological polar surface area (TPSA) is 104 Å². The van der Waals surface area contributed by atoms with E-state index in [-0.39, 0.29) is 30.6 Å². The van der Waals surface area contributed by atoms with Crippen molar-refractivity contribution in [2.75, 3.05) is 51.8 Å². The number of benzene rings is 1. The van der Waals surface area contributed by atoms with Gasteiger partial charge in [-0.2, -0.15) is 15.2 Å². The molecule has 1 aromatic heterocycles. The largest absolute Gasteiger partial charge is 0.490 e. The maximum atomic E-state index is 12.5. The van der Waals surface area contributed by atoms with Crippen LogP contribution in [0.25, 0.3) is 0 Å². The minimum Gasteiger partial charge on any atom is -0.490 e. The molecule has 0 spiro atoms. The van der Waals surface area contributed by atoms with Gasteiger partial charge < -0.3 is 28.9 Å². The first-order valence-electron chi connectivity index (χ1n) is 15.0. The van der Waals surface area contributed by atoms with Crippen LogP contribution in [-0.4, -0.2) is 90.8 Å². The molecule has 3 aliphatic rings. The first-order chi connectivity index (χ1) is 20.4. The molecule has 0 bridgehead atoms. The summed E-state index contributed by atoms with van der Waals surface area (Å²) in [5.41, 5.74) is 3.00. The highest BCUT2D eigenvalue weighted by molar-refractivity contribution is 5.87. The van der Waals surface area contributed by atoms with Gasteiger partial charge in [-0.25, -0.2) is 0 Å². The Balaban J connectivity index is 1.46. The van der Waals surface area contributed by atoms with Gasteiger partial charge in [0.15, 0.2) is 0 Å². The van der Waals surface area contributed by atoms with Crippen LogP contribution in [0, 0.1) is 11.3 Å². The van der Waals surface area contributed by atoms with Gasteiger partial charge in [0.25, 0.3) is 0 Å². The maximum absolute atomic E-state index is 12.5. The number of carbonyl (C=O) groups excluding carboxylic acids is 1. The SMILES string of the molecule is C=CC(=O)N1CCN(c2nc(OCC3CCCN3C)nc(C[C@H]3CC(OC)c4ccccc4O3)c2CC)CC1CC#N. The quantitative estimate of drug-likeness (QED) is 0.393. The molecule has 0 radical (unpaired) electrons. The predicted molar refractivity (Wildman–Crippen MR) is 160 cm³/mol. The molecule has 42 heavy (non-hydrogen) atoms. The number of ether oxygens (including phenoxy) is 3. The summed E-state index contributed by atoms with van der Waals surface area (Å²) in [6.45, 7) is 8.93. The molecule has 4 heterocycles. The number of nitrogens with zero attached hydrogens (tertiary/aromatic N) is 6. The van der Waals surface area contributed by atoms with Crippen LogP contribution in [0.3, 0.4) is 0 Å². The Kier molecular flexibility index (Phi) is 9.60. The summed E-state index contributed by atoms with van der Waals surface area (Å²) in [5.74, 6) is 1.50. The highest BCUT2D eigenvalue weighted by atomic mass is 16.5. The fourth-order valence-corrected chi connectivity index (χ4v) is 6.46. The third-order valence-electron chi connectivity index (χ3n) is 8.79. The van der Waals surface area contributed by atoms with E-state index in [0.717, 1.165) is 54.2 Å². The predicted octanol–water partition coefficient (Wildman–Crippen LogP) is 3.71. The lowest BCUT2D eigenvalue weighted by Gasteiger charge is -2.41. The number of carbonyl (C=O) groups is 1. The Morgan fingerprint density at radius 1 is 1.24 bits per heavy atom. The van der Waals surface area contributed by atoms with Crippen LogP contribution in [0.15, 0.2) is 36.9 Å². The molecule has 10 nitrogen and oxygen atoms in total. The average molecular weight is 575 g/mol. The zero-order valence-corrected chi connectivity index (χ0v) is 25.0. The number of anilines is 1. The Labute approximate surface area is 248 Å². The fraction of sp³-hybridized carbons (Fsp3) is 0.562. The summed E-state index contributed by atoms with van der Waals surface area (Å²) in [6, 6.07) is 10.7. The van der Waals surface area contributed by atoms with Crippen molar-refractivity contribution >= 4 is 11.7 Å². The molecule has 4 atom stereocenters. The number of fused-ring (bicyclic) bond motifs is 1. The molecule has 5 rings (SSSR count). The number of hydrogen-bond acceptors (Lipinski definition) is 9. The van der Waals surface area contributed by atoms with E-state index in [2.05, 4.69) is 42.5 Å². The van der Waals surface area contributed by atoms with Crippen molar-refractivity contribution in [3.63, 3.8) is 0 Å². The number of methoxy groups -OCH3 is 1. The number of hydrogen-bond donors (Lipinski definition) is 0. The lowest BCUT2D eigenvalue weighted by molar-refractivity contribution is -0.128. The summed E-state index contributed by atoms with van der Waals surface area (Å²) in [4.78, 5) is 28.7. The van der Waals surface area contributed by atoms with E-state index < -0.39 is 0 Å². The molecule has 10 heteroatoms. The molecular formula is C32H42N6O4. The van der Waals surface area contributed by atoms with Gasteiger partial charge in [-0.15, -0.1) is 0 Å². The number of para-hydroxylation sites is 1. The van der Waals surface area contributed by atoms with Crippen LogP contribution < -0.4 is 14.4 Å². The van der Waals surface area contributed by atoms with E-state index >= 15 is 0 Å². The minimum absolute atomic E-state index is 0.0535. The molecule has 2 aromatic rings. The number of likely N-dealkylation sites (tertiary alicyclic amines) is 1. The molecule has 2 saturated heterocycles. The summed E-state index contributed by atoms with van der Waals surface area (Å²) in [5, 5.41) is 9.52. The van der Waals surface area contributed by atoms with Crippen LogP contribution in [0.4, 0.5) is 5.82 Å². The minimum atomic E-state index is -0.255. The number of nitriles is 1. The van der Waals surface area contributed by atoms with Crippen LogP contribution >= 0.6 is 0 Å². The number of amides is 1. The van der Waals surface area contributed by atoms with Gasteiger partial charge in [0, 0.05) is 56.8 Å². The van der Waals surface area contributed by atoms with Gasteiger partial charge >= 0.3 is 6.01 Å². The second kappa shape index (κ2) is 13.5. The van der Waals surface area contributed by atoms with E-state index in [1.807, 2.05) is 18.2 Å². The summed E-state index contributed by atoms with van der Waals surface area (Å²) in [7, 11) is 3.87. The Bertz CT molecular complexity index is 1310. The second-order valence-electron chi connectivity index (χ2n) is 11.3. The van der Waals surface area contributed by atoms with Crippen molar-refractivity contribution in [1.82, 2.24) is 19.8 Å². The van der Waals surface area contributed by atoms with Crippen molar-refractivity contribution in [3.8, 4) is 17.8 Å². The Morgan fingerprint density at radius 2 is 2.07 bits per heavy atom. The van der Waals surface area contributed by atoms with E-state index in [4.69, 9.17) is 24.2 Å². The third-order valence-corrected chi connectivity index (χ3v) is 8.79. The molecule has 2 fully saturated rings. The molecule has 3 unspecified atom stereocenters. The van der Waals surface area contributed by atoms with Gasteiger partial charge in [0.2, 0.25) is 5.91 Å². The maximum Gasteiger partial charge on any atom is 0.318 e. The lowest BCUT2D eigenvalue weighted by atomic mass is 9.95. The summed E-state index contributed by atoms with van der Waals surface area (Å²) >= 11 is 0. The van der Waals surface area contributed by atoms with Crippen molar-refractivity contribution in [2.45, 2.75) is 69.7 Å². The lowest BCUT2D eigenvalue weighted by Crippen LogP contribution is -2.55. The molecule has 224 valence electrons. The smallest absolute Gasteiger partial charge is 0.318 e. The Hall–Kier alpha value is -3.68. The molecule has 0 aliphatic carbocycles. The van der Waals surface area contributed by atoms with E-state index in [1.54, 1.807) is 12.0 Å². The van der Waals surface area contributed by atoms with E-state index in [9.17, 15) is 10.1 Å². The van der Waals surface area contributed by atoms with E-state index in [1.165, 1.54) is 6.08 Å². The van der Waals surface area contributed by atoms with Gasteiger partial charge in [-0.1, -0.05) is 31.7 Å². The van der Waals surface area contributed by atoms with Crippen LogP contribution in [0.1, 0.15) is 55.5 Å². The molecule has 1 aromatic carbocycles. The zero-order valence-electron chi connectivity index (χ0n) is 25.0. The average Bonchev–Trinajstić information content (AvgIpc) is 3.43. The molecular weight excluding hydrogens is 532 g/mol. The van der Waals surface area contributed by atoms with Crippen molar-refractivity contribution in [3.05, 3.63) is 53.7 Å². The van der Waals surface area contributed by atoms with E-state index in [0.29, 0.717) is 51.1 Å². The highest BCUT2D eigenvalue weighted by Gasteiger charge is 2.34. The first kappa shape index (κ1) is 29.8. The zero-order chi connectivity index (χ0) is 29.6. The fourth-order valence-electron chi connectivity index (χ4n) is 6.46. The van der Waals surface area contributed by atoms with Gasteiger partial charge in [-0.3, -0.25) is 4.79 Å². The first-order valence-corrected chi connectivity index (χ1v) is 15.0. The summed E-state index contributed by atoms with van der Waals surface area (Å²) in [6.07, 6.45) is 5.65. The standard InChI is InChI=1S/C32H42N6O4/c1-5-25-27(18-24-19-29(40-4)26-11-7-8-12-28(26)42-24)34-32(41-21-23-10-9-15-36(23)3)35-31(25)37-16-17-38(30(39)6-2)22(20-37)13-14-33/h6-8,11-12,22-24,29H,2,5,9-10,13,15-21H2,1,3-4H3/t22?,23?,24-,29?/m0/s1. The van der Waals surface area contributed by atoms with Crippen LogP contribution in [0.2, 0.25) is 0 Å². The normalized spacial score (nSPS) is 24.0. The van der Waals surface area contributed by atoms with Crippen molar-refractivity contribution in [1.29, 1.82) is 5.26 Å². The molecule has 0 N–H and O–H groups in total. The highest BCUT2D eigenvalue weighted by Crippen LogP contribution is 2.38. The van der Waals surface area contributed by atoms with Gasteiger partial charge in [-0.05, 0) is 45.0 Å². The number of rotatable bonds is 10. The second-order valence-corrected chi connectivity index (χ2v) is 11.3. The van der Waals surface area contributed by atoms with Crippen LogP contribution in [-0.2, 0) is 22.4 Å². The van der Waals surface area contributed by atoms with Gasteiger partial charge in [0.1, 0.15) is 24.3 Å². The third kappa shape index (κ3) is 6.37. The number of aromatic nitrogens is 2. The molecule has 3 aliphatic heterocycles. The monoisotopic (exact) mass is 574 g/mol. The Morgan fingerprint density at radius 3 is 2.79 bits per heavy atom. The van der Waals surface area contributed by atoms with Gasteiger partial charge in [0.05, 0.1) is 30.3 Å². The number of piperazine rings is 1. The molecule has 0 saturated carbocycles. The van der Waals surface area contributed by atoms with Crippen molar-refractivity contribution in [2.24, 2.45) is 0 Å². The van der Waals surface area contributed by atoms with Crippen LogP contribution in [0.5, 0.6) is 11.8 Å².